The van der Waals surface area contributed by atoms with Crippen LogP contribution >= 0.6 is 27.5 Å². The molecule has 168 valence electrons. The van der Waals surface area contributed by atoms with Gasteiger partial charge in [0.25, 0.3) is 0 Å². The van der Waals surface area contributed by atoms with Crippen LogP contribution in [0.3, 0.4) is 0 Å². The average Bonchev–Trinajstić information content (AvgIpc) is 2.81. The Balaban J connectivity index is 1.68. The second kappa shape index (κ2) is 11.3. The molecule has 2 N–H and O–H groups in total. The minimum atomic E-state index is -0.998. The Morgan fingerprint density at radius 2 is 1.70 bits per heavy atom. The van der Waals surface area contributed by atoms with Crippen molar-refractivity contribution in [1.82, 2.24) is 5.43 Å². The average molecular weight is 531 g/mol. The van der Waals surface area contributed by atoms with Crippen LogP contribution in [0.5, 0.6) is 11.5 Å². The summed E-state index contributed by atoms with van der Waals surface area (Å²) in [4.78, 5) is 36.7. The van der Waals surface area contributed by atoms with Gasteiger partial charge in [-0.05, 0) is 42.5 Å². The standard InChI is InChI=1S/C23H17BrClN3O5/c1-32-20-9-5-4-8-18(20)27-21(29)22(30)28-26-13-14-12-15(24)10-11-19(14)33-23(31)16-6-2-3-7-17(16)25/h2-13H,1H3,(H,27,29)(H,28,30)/b26-13-. The van der Waals surface area contributed by atoms with Gasteiger partial charge in [-0.1, -0.05) is 51.8 Å². The summed E-state index contributed by atoms with van der Waals surface area (Å²) in [6.45, 7) is 0. The van der Waals surface area contributed by atoms with Crippen LogP contribution in [0.15, 0.2) is 76.3 Å². The number of hydrogen-bond acceptors (Lipinski definition) is 6. The van der Waals surface area contributed by atoms with Crippen LogP contribution in [0.4, 0.5) is 5.69 Å². The highest BCUT2D eigenvalue weighted by atomic mass is 79.9. The molecule has 2 amide bonds. The Kier molecular flexibility index (Phi) is 8.17. The predicted molar refractivity (Wildman–Crippen MR) is 128 cm³/mol. The Bertz CT molecular complexity index is 1230. The summed E-state index contributed by atoms with van der Waals surface area (Å²) in [5, 5.41) is 6.48. The van der Waals surface area contributed by atoms with Crippen LogP contribution < -0.4 is 20.2 Å². The van der Waals surface area contributed by atoms with Gasteiger partial charge in [0.1, 0.15) is 11.5 Å². The van der Waals surface area contributed by atoms with E-state index >= 15 is 0 Å². The van der Waals surface area contributed by atoms with E-state index in [4.69, 9.17) is 21.1 Å². The molecule has 0 heterocycles. The Morgan fingerprint density at radius 3 is 2.45 bits per heavy atom. The van der Waals surface area contributed by atoms with E-state index in [2.05, 4.69) is 31.8 Å². The van der Waals surface area contributed by atoms with Crippen molar-refractivity contribution in [2.24, 2.45) is 5.10 Å². The van der Waals surface area contributed by atoms with Gasteiger partial charge in [-0.25, -0.2) is 10.2 Å². The monoisotopic (exact) mass is 529 g/mol. The molecule has 0 radical (unpaired) electrons. The quantitative estimate of drug-likeness (QED) is 0.161. The summed E-state index contributed by atoms with van der Waals surface area (Å²) in [5.41, 5.74) is 3.04. The SMILES string of the molecule is COc1ccccc1NC(=O)C(=O)N/N=C\c1cc(Br)ccc1OC(=O)c1ccccc1Cl. The molecule has 3 aromatic rings. The number of anilines is 1. The van der Waals surface area contributed by atoms with Gasteiger partial charge in [-0.15, -0.1) is 0 Å². The Labute approximate surface area is 202 Å². The zero-order valence-electron chi connectivity index (χ0n) is 17.2. The molecule has 0 saturated carbocycles. The number of hydrazone groups is 1. The number of carbonyl (C=O) groups is 3. The van der Waals surface area contributed by atoms with Crippen molar-refractivity contribution < 1.29 is 23.9 Å². The normalized spacial score (nSPS) is 10.5. The van der Waals surface area contributed by atoms with E-state index in [9.17, 15) is 14.4 Å². The van der Waals surface area contributed by atoms with Gasteiger partial charge < -0.3 is 14.8 Å². The molecule has 0 saturated heterocycles. The molecule has 33 heavy (non-hydrogen) atoms. The van der Waals surface area contributed by atoms with E-state index in [1.54, 1.807) is 60.7 Å². The van der Waals surface area contributed by atoms with Crippen LogP contribution in [0, 0.1) is 0 Å². The first-order valence-corrected chi connectivity index (χ1v) is 10.6. The highest BCUT2D eigenvalue weighted by molar-refractivity contribution is 9.10. The van der Waals surface area contributed by atoms with Crippen LogP contribution in [0.25, 0.3) is 0 Å². The van der Waals surface area contributed by atoms with Gasteiger partial charge in [0.15, 0.2) is 0 Å². The number of hydrogen-bond donors (Lipinski definition) is 2. The van der Waals surface area contributed by atoms with Crippen molar-refractivity contribution in [3.05, 3.63) is 87.4 Å². The first-order valence-electron chi connectivity index (χ1n) is 9.42. The maximum atomic E-state index is 12.5. The number of nitrogens with one attached hydrogen (secondary N) is 2. The smallest absolute Gasteiger partial charge is 0.345 e. The molecule has 0 aliphatic rings. The summed E-state index contributed by atoms with van der Waals surface area (Å²) in [6, 6.07) is 18.0. The minimum Gasteiger partial charge on any atom is -0.495 e. The lowest BCUT2D eigenvalue weighted by Gasteiger charge is -2.09. The molecule has 0 atom stereocenters. The number of halogens is 2. The minimum absolute atomic E-state index is 0.180. The molecule has 0 aliphatic carbocycles. The van der Waals surface area contributed by atoms with Crippen LogP contribution in [-0.4, -0.2) is 31.1 Å². The van der Waals surface area contributed by atoms with Crippen molar-refractivity contribution in [2.45, 2.75) is 0 Å². The predicted octanol–water partition coefficient (Wildman–Crippen LogP) is 4.42. The molecular weight excluding hydrogens is 514 g/mol. The fraction of sp³-hybridized carbons (Fsp3) is 0.0435. The first kappa shape index (κ1) is 24.0. The number of nitrogens with zero attached hydrogens (tertiary/aromatic N) is 1. The summed E-state index contributed by atoms with van der Waals surface area (Å²) in [6.07, 6.45) is 1.24. The number of esters is 1. The van der Waals surface area contributed by atoms with Gasteiger partial charge >= 0.3 is 17.8 Å². The molecule has 3 rings (SSSR count). The fourth-order valence-electron chi connectivity index (χ4n) is 2.63. The molecule has 0 aromatic heterocycles. The lowest BCUT2D eigenvalue weighted by molar-refractivity contribution is -0.136. The van der Waals surface area contributed by atoms with Crippen molar-refractivity contribution in [3.8, 4) is 11.5 Å². The number of methoxy groups -OCH3 is 1. The third-order valence-corrected chi connectivity index (χ3v) is 5.02. The topological polar surface area (TPSA) is 106 Å². The number of carbonyl (C=O) groups excluding carboxylic acids is 3. The number of ether oxygens (including phenoxy) is 2. The highest BCUT2D eigenvalue weighted by Crippen LogP contribution is 2.25. The van der Waals surface area contributed by atoms with E-state index in [1.807, 2.05) is 0 Å². The highest BCUT2D eigenvalue weighted by Gasteiger charge is 2.16. The van der Waals surface area contributed by atoms with Crippen molar-refractivity contribution in [3.63, 3.8) is 0 Å². The molecule has 8 nitrogen and oxygen atoms in total. The second-order valence-electron chi connectivity index (χ2n) is 6.41. The number of amides is 2. The third kappa shape index (κ3) is 6.41. The van der Waals surface area contributed by atoms with Gasteiger partial charge in [-0.2, -0.15) is 5.10 Å². The van der Waals surface area contributed by atoms with Gasteiger partial charge in [0, 0.05) is 10.0 Å². The molecular formula is C23H17BrClN3O5. The summed E-state index contributed by atoms with van der Waals surface area (Å²) >= 11 is 9.37. The van der Waals surface area contributed by atoms with Gasteiger partial charge in [0.05, 0.1) is 29.6 Å². The number of para-hydroxylation sites is 2. The van der Waals surface area contributed by atoms with Crippen LogP contribution in [-0.2, 0) is 9.59 Å². The molecule has 0 bridgehead atoms. The maximum absolute atomic E-state index is 12.5. The van der Waals surface area contributed by atoms with Crippen molar-refractivity contribution in [1.29, 1.82) is 0 Å². The molecule has 3 aromatic carbocycles. The zero-order valence-corrected chi connectivity index (χ0v) is 19.5. The largest absolute Gasteiger partial charge is 0.495 e. The van der Waals surface area contributed by atoms with Crippen LogP contribution in [0.2, 0.25) is 5.02 Å². The Hall–Kier alpha value is -3.69. The van der Waals surface area contributed by atoms with E-state index in [0.29, 0.717) is 21.5 Å². The fourth-order valence-corrected chi connectivity index (χ4v) is 3.22. The first-order chi connectivity index (χ1) is 15.9. The van der Waals surface area contributed by atoms with E-state index in [-0.39, 0.29) is 16.3 Å². The lowest BCUT2D eigenvalue weighted by Crippen LogP contribution is -2.32. The molecule has 10 heteroatoms. The summed E-state index contributed by atoms with van der Waals surface area (Å²) < 4.78 is 11.2. The maximum Gasteiger partial charge on any atom is 0.345 e. The molecule has 0 aliphatic heterocycles. The third-order valence-electron chi connectivity index (χ3n) is 4.20. The van der Waals surface area contributed by atoms with Gasteiger partial charge in [-0.3, -0.25) is 9.59 Å². The number of rotatable bonds is 6. The van der Waals surface area contributed by atoms with E-state index in [1.165, 1.54) is 19.4 Å². The zero-order chi connectivity index (χ0) is 23.8. The van der Waals surface area contributed by atoms with E-state index in [0.717, 1.165) is 0 Å². The summed E-state index contributed by atoms with van der Waals surface area (Å²) in [5.74, 6) is -2.00. The van der Waals surface area contributed by atoms with Crippen LogP contribution in [0.1, 0.15) is 15.9 Å². The van der Waals surface area contributed by atoms with Crippen molar-refractivity contribution >= 4 is 57.2 Å². The molecule has 0 fully saturated rings. The molecule has 0 spiro atoms. The van der Waals surface area contributed by atoms with E-state index < -0.39 is 17.8 Å². The lowest BCUT2D eigenvalue weighted by atomic mass is 10.2. The Morgan fingerprint density at radius 1 is 0.970 bits per heavy atom. The molecule has 0 unspecified atom stereocenters. The van der Waals surface area contributed by atoms with Gasteiger partial charge in [0.2, 0.25) is 0 Å². The van der Waals surface area contributed by atoms with Crippen molar-refractivity contribution in [2.75, 3.05) is 12.4 Å². The number of benzene rings is 3. The summed E-state index contributed by atoms with van der Waals surface area (Å²) in [7, 11) is 1.45. The second-order valence-corrected chi connectivity index (χ2v) is 7.73.